The highest BCUT2D eigenvalue weighted by Gasteiger charge is 2.27. The SMILES string of the molecule is CCCCC/C=C\C/C=C\CC(O)/C=C\C=C\CCCC(=O)O[C@H](COC(=O)CCCCCCCCCCCCCCCC(C)C)COP(=O)(O)OC[C@@H](O)CO. The molecule has 0 aliphatic rings. The third-order valence-electron chi connectivity index (χ3n) is 9.24. The van der Waals surface area contributed by atoms with Crippen LogP contribution in [0, 0.1) is 5.92 Å². The molecule has 0 radical (unpaired) electrons. The Hall–Kier alpha value is -2.11. The second-order valence-corrected chi connectivity index (χ2v) is 16.9. The van der Waals surface area contributed by atoms with Gasteiger partial charge in [-0.05, 0) is 50.9 Å². The summed E-state index contributed by atoms with van der Waals surface area (Å²) in [5, 5.41) is 28.5. The molecule has 2 unspecified atom stereocenters. The Balaban J connectivity index is 4.46. The predicted molar refractivity (Wildman–Crippen MR) is 230 cm³/mol. The van der Waals surface area contributed by atoms with Gasteiger partial charge in [0.15, 0.2) is 6.10 Å². The summed E-state index contributed by atoms with van der Waals surface area (Å²) in [5.74, 6) is -0.244. The van der Waals surface area contributed by atoms with Gasteiger partial charge in [-0.3, -0.25) is 18.6 Å². The van der Waals surface area contributed by atoms with Crippen LogP contribution in [0.5, 0.6) is 0 Å². The number of carbonyl (C=O) groups is 2. The number of hydrogen-bond acceptors (Lipinski definition) is 10. The van der Waals surface area contributed by atoms with E-state index in [0.29, 0.717) is 25.7 Å². The van der Waals surface area contributed by atoms with Crippen molar-refractivity contribution in [2.75, 3.05) is 26.4 Å². The number of allylic oxidation sites excluding steroid dienone is 6. The fraction of sp³-hybridized carbons (Fsp3) is 0.778. The first-order chi connectivity index (χ1) is 27.5. The minimum Gasteiger partial charge on any atom is -0.462 e. The van der Waals surface area contributed by atoms with Crippen molar-refractivity contribution in [2.45, 2.75) is 193 Å². The van der Waals surface area contributed by atoms with E-state index in [2.05, 4.69) is 37.4 Å². The zero-order chi connectivity index (χ0) is 42.2. The highest BCUT2D eigenvalue weighted by atomic mass is 31.2. The topological polar surface area (TPSA) is 169 Å². The number of aliphatic hydroxyl groups excluding tert-OH is 3. The molecular weight excluding hydrogens is 747 g/mol. The number of ether oxygens (including phenoxy) is 2. The lowest BCUT2D eigenvalue weighted by Crippen LogP contribution is -2.29. The van der Waals surface area contributed by atoms with Gasteiger partial charge in [-0.2, -0.15) is 0 Å². The summed E-state index contributed by atoms with van der Waals surface area (Å²) >= 11 is 0. The van der Waals surface area contributed by atoms with Crippen molar-refractivity contribution in [3.05, 3.63) is 48.6 Å². The van der Waals surface area contributed by atoms with Crippen LogP contribution in [0.4, 0.5) is 0 Å². The average molecular weight is 829 g/mol. The Morgan fingerprint density at radius 2 is 1.23 bits per heavy atom. The van der Waals surface area contributed by atoms with E-state index in [1.807, 2.05) is 18.2 Å². The molecule has 0 aliphatic carbocycles. The standard InChI is InChI=1S/C45H81O11P/c1-4-5-6-7-8-14-18-22-27-32-41(47)33-28-23-20-25-30-35-45(50)56-43(39-55-57(51,52)54-37-42(48)36-46)38-53-44(49)34-29-24-19-16-13-11-9-10-12-15-17-21-26-31-40(2)3/h8,14,20,22-23,27-28,33,40-43,46-48H,4-7,9-13,15-19,21,24-26,29-32,34-39H2,1-3H3,(H,51,52)/b14-8-,23-20+,27-22-,33-28-/t41?,42-,43+/m0/s1. The molecule has 0 aliphatic heterocycles. The molecule has 4 N–H and O–H groups in total. The summed E-state index contributed by atoms with van der Waals surface area (Å²) in [6, 6.07) is 0. The quantitative estimate of drug-likeness (QED) is 0.0152. The zero-order valence-corrected chi connectivity index (χ0v) is 36.7. The number of hydrogen-bond donors (Lipinski definition) is 4. The Bertz CT molecular complexity index is 1120. The normalized spacial score (nSPS) is 14.9. The van der Waals surface area contributed by atoms with Crippen molar-refractivity contribution >= 4 is 19.8 Å². The highest BCUT2D eigenvalue weighted by molar-refractivity contribution is 7.47. The Kier molecular flexibility index (Phi) is 37.9. The maximum absolute atomic E-state index is 12.6. The first-order valence-electron chi connectivity index (χ1n) is 22.1. The van der Waals surface area contributed by atoms with Gasteiger partial charge in [0, 0.05) is 12.8 Å². The molecule has 57 heavy (non-hydrogen) atoms. The second-order valence-electron chi connectivity index (χ2n) is 15.4. The van der Waals surface area contributed by atoms with Crippen LogP contribution in [-0.4, -0.2) is 76.9 Å². The summed E-state index contributed by atoms with van der Waals surface area (Å²) in [5.41, 5.74) is 0. The van der Waals surface area contributed by atoms with Gasteiger partial charge >= 0.3 is 19.8 Å². The predicted octanol–water partition coefficient (Wildman–Crippen LogP) is 10.6. The number of aliphatic hydroxyl groups is 3. The van der Waals surface area contributed by atoms with E-state index in [1.165, 1.54) is 83.5 Å². The molecule has 4 atom stereocenters. The molecule has 12 heteroatoms. The molecule has 0 aromatic heterocycles. The van der Waals surface area contributed by atoms with Crippen molar-refractivity contribution < 1.29 is 52.9 Å². The minimum absolute atomic E-state index is 0.0491. The highest BCUT2D eigenvalue weighted by Crippen LogP contribution is 2.43. The third-order valence-corrected chi connectivity index (χ3v) is 10.2. The molecule has 332 valence electrons. The lowest BCUT2D eigenvalue weighted by atomic mass is 10.0. The van der Waals surface area contributed by atoms with Crippen LogP contribution in [0.3, 0.4) is 0 Å². The van der Waals surface area contributed by atoms with E-state index in [-0.39, 0.29) is 19.4 Å². The molecule has 0 saturated heterocycles. The van der Waals surface area contributed by atoms with Crippen LogP contribution in [0.15, 0.2) is 48.6 Å². The van der Waals surface area contributed by atoms with Crippen molar-refractivity contribution in [2.24, 2.45) is 5.92 Å². The van der Waals surface area contributed by atoms with E-state index in [4.69, 9.17) is 19.1 Å². The molecule has 0 aromatic rings. The molecule has 0 saturated carbocycles. The fourth-order valence-corrected chi connectivity index (χ4v) is 6.57. The number of phosphoric ester groups is 1. The van der Waals surface area contributed by atoms with Gasteiger partial charge in [-0.1, -0.05) is 166 Å². The fourth-order valence-electron chi connectivity index (χ4n) is 5.78. The van der Waals surface area contributed by atoms with E-state index in [1.54, 1.807) is 18.2 Å². The lowest BCUT2D eigenvalue weighted by molar-refractivity contribution is -0.161. The van der Waals surface area contributed by atoms with Crippen molar-refractivity contribution in [1.82, 2.24) is 0 Å². The van der Waals surface area contributed by atoms with Gasteiger partial charge < -0.3 is 29.7 Å². The van der Waals surface area contributed by atoms with Crippen LogP contribution in [0.2, 0.25) is 0 Å². The van der Waals surface area contributed by atoms with E-state index < -0.39 is 57.9 Å². The first kappa shape index (κ1) is 54.9. The molecule has 0 bridgehead atoms. The molecular formula is C45H81O11P. The number of rotatable bonds is 40. The summed E-state index contributed by atoms with van der Waals surface area (Å²) in [4.78, 5) is 35.0. The summed E-state index contributed by atoms with van der Waals surface area (Å²) in [6.45, 7) is 4.51. The summed E-state index contributed by atoms with van der Waals surface area (Å²) in [7, 11) is -4.66. The van der Waals surface area contributed by atoms with Crippen molar-refractivity contribution in [3.63, 3.8) is 0 Å². The molecule has 0 rings (SSSR count). The monoisotopic (exact) mass is 829 g/mol. The minimum atomic E-state index is -4.66. The van der Waals surface area contributed by atoms with Gasteiger partial charge in [-0.15, -0.1) is 0 Å². The van der Waals surface area contributed by atoms with Gasteiger partial charge in [-0.25, -0.2) is 4.57 Å². The van der Waals surface area contributed by atoms with Crippen LogP contribution in [0.25, 0.3) is 0 Å². The largest absolute Gasteiger partial charge is 0.472 e. The number of unbranched alkanes of at least 4 members (excludes halogenated alkanes) is 16. The van der Waals surface area contributed by atoms with E-state index in [0.717, 1.165) is 38.0 Å². The van der Waals surface area contributed by atoms with Crippen LogP contribution in [-0.2, 0) is 32.7 Å². The van der Waals surface area contributed by atoms with E-state index in [9.17, 15) is 29.3 Å². The van der Waals surface area contributed by atoms with Crippen LogP contribution < -0.4 is 0 Å². The van der Waals surface area contributed by atoms with Crippen molar-refractivity contribution in [1.29, 1.82) is 0 Å². The lowest BCUT2D eigenvalue weighted by Gasteiger charge is -2.20. The number of carbonyl (C=O) groups excluding carboxylic acids is 2. The molecule has 0 aromatic carbocycles. The Morgan fingerprint density at radius 3 is 1.86 bits per heavy atom. The first-order valence-corrected chi connectivity index (χ1v) is 23.6. The number of phosphoric acid groups is 1. The van der Waals surface area contributed by atoms with Gasteiger partial charge in [0.2, 0.25) is 0 Å². The maximum Gasteiger partial charge on any atom is 0.472 e. The smallest absolute Gasteiger partial charge is 0.462 e. The summed E-state index contributed by atoms with van der Waals surface area (Å²) < 4.78 is 32.6. The average Bonchev–Trinajstić information content (AvgIpc) is 3.18. The number of esters is 2. The second kappa shape index (κ2) is 39.4. The third kappa shape index (κ3) is 40.5. The van der Waals surface area contributed by atoms with Gasteiger partial charge in [0.25, 0.3) is 0 Å². The molecule has 0 fully saturated rings. The van der Waals surface area contributed by atoms with Gasteiger partial charge in [0.1, 0.15) is 12.7 Å². The Morgan fingerprint density at radius 1 is 0.649 bits per heavy atom. The summed E-state index contributed by atoms with van der Waals surface area (Å²) in [6.07, 6.45) is 36.8. The molecule has 0 heterocycles. The van der Waals surface area contributed by atoms with Crippen LogP contribution >= 0.6 is 7.82 Å². The van der Waals surface area contributed by atoms with Crippen LogP contribution in [0.1, 0.15) is 175 Å². The molecule has 0 amide bonds. The molecule has 0 spiro atoms. The van der Waals surface area contributed by atoms with E-state index >= 15 is 0 Å². The maximum atomic E-state index is 12.6. The Labute approximate surface area is 346 Å². The molecule has 11 nitrogen and oxygen atoms in total. The van der Waals surface area contributed by atoms with Crippen molar-refractivity contribution in [3.8, 4) is 0 Å². The zero-order valence-electron chi connectivity index (χ0n) is 35.8. The van der Waals surface area contributed by atoms with Gasteiger partial charge in [0.05, 0.1) is 25.9 Å².